The van der Waals surface area contributed by atoms with Gasteiger partial charge in [0.25, 0.3) is 5.91 Å². The lowest BCUT2D eigenvalue weighted by molar-refractivity contribution is -0.117. The van der Waals surface area contributed by atoms with Gasteiger partial charge in [0.2, 0.25) is 5.91 Å². The van der Waals surface area contributed by atoms with Crippen molar-refractivity contribution in [3.8, 4) is 0 Å². The van der Waals surface area contributed by atoms with Crippen LogP contribution in [0.3, 0.4) is 0 Å². The van der Waals surface area contributed by atoms with E-state index in [4.69, 9.17) is 79.1 Å². The first-order chi connectivity index (χ1) is 23.2. The number of nitrogens with zero attached hydrogens (tertiary/aromatic N) is 1. The van der Waals surface area contributed by atoms with Gasteiger partial charge in [-0.25, -0.2) is 14.0 Å². The van der Waals surface area contributed by atoms with Crippen molar-refractivity contribution in [2.24, 2.45) is 5.92 Å². The van der Waals surface area contributed by atoms with Crippen LogP contribution >= 0.6 is 69.6 Å². The highest BCUT2D eigenvalue weighted by Gasteiger charge is 2.67. The topological polar surface area (TPSA) is 114 Å². The van der Waals surface area contributed by atoms with Gasteiger partial charge in [-0.3, -0.25) is 9.59 Å². The van der Waals surface area contributed by atoms with Gasteiger partial charge in [0.1, 0.15) is 21.4 Å². The lowest BCUT2D eigenvalue weighted by Gasteiger charge is -2.39. The molecule has 2 aliphatic rings. The minimum atomic E-state index is -1.50. The van der Waals surface area contributed by atoms with Crippen LogP contribution in [-0.2, 0) is 14.3 Å². The zero-order valence-electron chi connectivity index (χ0n) is 26.9. The summed E-state index contributed by atoms with van der Waals surface area (Å²) in [6.45, 7) is 6.55. The Kier molecular flexibility index (Phi) is 10.9. The summed E-state index contributed by atoms with van der Waals surface area (Å²) < 4.78 is 24.2. The maximum absolute atomic E-state index is 14.6. The molecule has 4 amide bonds. The van der Waals surface area contributed by atoms with Gasteiger partial charge in [0, 0.05) is 11.6 Å². The molecule has 0 heterocycles. The molecule has 0 bridgehead atoms. The Morgan fingerprint density at radius 1 is 0.880 bits per heavy atom. The van der Waals surface area contributed by atoms with E-state index in [1.807, 2.05) is 0 Å². The number of amides is 4. The van der Waals surface area contributed by atoms with Gasteiger partial charge in [-0.1, -0.05) is 46.4 Å². The Balaban J connectivity index is 1.39. The van der Waals surface area contributed by atoms with E-state index < -0.39 is 57.2 Å². The van der Waals surface area contributed by atoms with Gasteiger partial charge in [-0.2, -0.15) is 4.90 Å². The van der Waals surface area contributed by atoms with Gasteiger partial charge in [0.05, 0.1) is 42.9 Å². The zero-order chi connectivity index (χ0) is 36.9. The number of ether oxygens (including phenoxy) is 2. The van der Waals surface area contributed by atoms with Gasteiger partial charge in [-0.05, 0) is 101 Å². The molecule has 2 saturated carbocycles. The van der Waals surface area contributed by atoms with Crippen molar-refractivity contribution in [2.75, 3.05) is 15.5 Å². The molecule has 2 aliphatic carbocycles. The number of carbonyl (C=O) groups is 4. The molecule has 266 valence electrons. The quantitative estimate of drug-likeness (QED) is 0.181. The Hall–Kier alpha value is -2.99. The fourth-order valence-corrected chi connectivity index (χ4v) is 7.07. The predicted octanol–water partition coefficient (Wildman–Crippen LogP) is 11.0. The summed E-state index contributed by atoms with van der Waals surface area (Å²) in [5.41, 5.74) is -1.79. The molecule has 3 aromatic rings. The molecule has 2 N–H and O–H groups in total. The number of hydrogen-bond acceptors (Lipinski definition) is 6. The fraction of sp³-hybridized carbons (Fsp3) is 0.353. The number of alkyl halides is 2. The van der Waals surface area contributed by atoms with E-state index in [0.29, 0.717) is 23.3 Å². The van der Waals surface area contributed by atoms with Crippen LogP contribution in [0.5, 0.6) is 0 Å². The molecule has 0 saturated heterocycles. The Labute approximate surface area is 317 Å². The minimum absolute atomic E-state index is 0.0291. The van der Waals surface area contributed by atoms with E-state index in [9.17, 15) is 23.6 Å². The summed E-state index contributed by atoms with van der Waals surface area (Å²) >= 11 is 37.7. The van der Waals surface area contributed by atoms with E-state index in [1.54, 1.807) is 27.7 Å². The molecule has 2 atom stereocenters. The van der Waals surface area contributed by atoms with Crippen LogP contribution in [0.4, 0.5) is 31.0 Å². The van der Waals surface area contributed by atoms with Crippen molar-refractivity contribution >= 4 is 111 Å². The summed E-state index contributed by atoms with van der Waals surface area (Å²) in [4.78, 5) is 54.4. The highest BCUT2D eigenvalue weighted by atomic mass is 35.5. The highest BCUT2D eigenvalue weighted by molar-refractivity contribution is 6.54. The molecule has 0 aromatic heterocycles. The summed E-state index contributed by atoms with van der Waals surface area (Å²) in [5.74, 6) is -3.82. The molecule has 16 heteroatoms. The number of nitrogens with one attached hydrogen (secondary N) is 2. The average Bonchev–Trinajstić information content (AvgIpc) is 3.57. The number of carbonyl (C=O) groups excluding carboxylic acids is 4. The second kappa shape index (κ2) is 14.2. The largest absolute Gasteiger partial charge is 0.443 e. The monoisotopic (exact) mass is 805 g/mol. The van der Waals surface area contributed by atoms with Crippen molar-refractivity contribution in [1.29, 1.82) is 0 Å². The molecular formula is C34H30Cl6FN3O6. The van der Waals surface area contributed by atoms with Crippen molar-refractivity contribution < 1.29 is 33.0 Å². The molecule has 5 rings (SSSR count). The Morgan fingerprint density at radius 2 is 1.52 bits per heavy atom. The SMILES string of the molecule is CC(C)(C)OC(=O)N(C(=O)OC1(C)CCC1)c1ccc(F)cc1NC(=O)c1cc(NC(=O)[C@H]2[C@H](c3cc(Cl)c(Cl)c(Cl)c3)C2(Cl)Cl)ccc1Cl. The maximum Gasteiger partial charge on any atom is 0.424 e. The molecule has 50 heavy (non-hydrogen) atoms. The zero-order valence-corrected chi connectivity index (χ0v) is 31.5. The van der Waals surface area contributed by atoms with Crippen LogP contribution in [0.2, 0.25) is 20.1 Å². The third-order valence-corrected chi connectivity index (χ3v) is 10.6. The Bertz CT molecular complexity index is 1870. The van der Waals surface area contributed by atoms with Crippen LogP contribution in [0.15, 0.2) is 48.5 Å². The van der Waals surface area contributed by atoms with E-state index in [2.05, 4.69) is 10.6 Å². The van der Waals surface area contributed by atoms with Crippen molar-refractivity contribution in [2.45, 2.75) is 68.4 Å². The number of imide groups is 1. The number of anilines is 3. The van der Waals surface area contributed by atoms with Crippen LogP contribution in [0.25, 0.3) is 0 Å². The highest BCUT2D eigenvalue weighted by Crippen LogP contribution is 2.65. The number of halogens is 7. The standard InChI is InChI=1S/C34H30Cl6FN3O6/c1-32(2,3)49-30(47)44(31(48)50-33(4)10-5-11-33)24-9-6-17(41)14-23(24)43-28(45)19-15-18(7-8-20(19)35)42-29(46)26-25(34(26,39)40)16-12-21(36)27(38)22(37)13-16/h6-9,12-15,25-26H,5,10-11H2,1-4H3,(H,42,46)(H,43,45)/t25-,26+/m0/s1. The first kappa shape index (κ1) is 38.2. The molecule has 0 aliphatic heterocycles. The molecule has 0 spiro atoms. The van der Waals surface area contributed by atoms with Gasteiger partial charge >= 0.3 is 12.2 Å². The van der Waals surface area contributed by atoms with Gasteiger partial charge < -0.3 is 20.1 Å². The third-order valence-electron chi connectivity index (χ3n) is 8.13. The van der Waals surface area contributed by atoms with Crippen molar-refractivity contribution in [3.05, 3.63) is 85.6 Å². The lowest BCUT2D eigenvalue weighted by atomic mass is 9.82. The second-order valence-electron chi connectivity index (χ2n) is 13.2. The summed E-state index contributed by atoms with van der Waals surface area (Å²) in [6, 6.07) is 10.2. The number of rotatable bonds is 7. The van der Waals surface area contributed by atoms with Gasteiger partial charge in [-0.15, -0.1) is 23.2 Å². The predicted molar refractivity (Wildman–Crippen MR) is 194 cm³/mol. The molecule has 0 radical (unpaired) electrons. The van der Waals surface area contributed by atoms with Crippen LogP contribution in [-0.4, -0.2) is 39.5 Å². The van der Waals surface area contributed by atoms with E-state index in [-0.39, 0.29) is 42.7 Å². The third kappa shape index (κ3) is 8.22. The summed E-state index contributed by atoms with van der Waals surface area (Å²) in [5, 5.41) is 5.64. The van der Waals surface area contributed by atoms with Crippen LogP contribution in [0, 0.1) is 11.7 Å². The number of hydrogen-bond donors (Lipinski definition) is 2. The van der Waals surface area contributed by atoms with Crippen molar-refractivity contribution in [3.63, 3.8) is 0 Å². The molecular weight excluding hydrogens is 778 g/mol. The fourth-order valence-electron chi connectivity index (χ4n) is 5.42. The minimum Gasteiger partial charge on any atom is -0.443 e. The van der Waals surface area contributed by atoms with E-state index in [0.717, 1.165) is 24.6 Å². The first-order valence-electron chi connectivity index (χ1n) is 15.2. The van der Waals surface area contributed by atoms with Crippen LogP contribution in [0.1, 0.15) is 68.8 Å². The molecule has 0 unspecified atom stereocenters. The maximum atomic E-state index is 14.6. The molecule has 3 aromatic carbocycles. The molecule has 2 fully saturated rings. The summed E-state index contributed by atoms with van der Waals surface area (Å²) in [6.07, 6.45) is -0.169. The number of benzene rings is 3. The van der Waals surface area contributed by atoms with E-state index >= 15 is 0 Å². The van der Waals surface area contributed by atoms with Crippen molar-refractivity contribution in [1.82, 2.24) is 0 Å². The van der Waals surface area contributed by atoms with Gasteiger partial charge in [0.15, 0.2) is 0 Å². The second-order valence-corrected chi connectivity index (χ2v) is 16.3. The molecule has 9 nitrogen and oxygen atoms in total. The summed E-state index contributed by atoms with van der Waals surface area (Å²) in [7, 11) is 0. The normalized spacial score (nSPS) is 18.7. The lowest BCUT2D eigenvalue weighted by Crippen LogP contribution is -2.47. The smallest absolute Gasteiger partial charge is 0.424 e. The average molecular weight is 808 g/mol. The van der Waals surface area contributed by atoms with Crippen LogP contribution < -0.4 is 15.5 Å². The van der Waals surface area contributed by atoms with E-state index in [1.165, 1.54) is 30.3 Å². The first-order valence-corrected chi connectivity index (χ1v) is 17.5. The Morgan fingerprint density at radius 3 is 2.10 bits per heavy atom.